The Bertz CT molecular complexity index is 426. The topological polar surface area (TPSA) is 57.6 Å². The molecule has 20 heavy (non-hydrogen) atoms. The Balaban J connectivity index is 0. The molecule has 0 spiro atoms. The number of halogens is 10. The number of rotatable bonds is 3. The fourth-order valence-electron chi connectivity index (χ4n) is 0.748. The molecule has 0 saturated carbocycles. The van der Waals surface area contributed by atoms with E-state index in [1.807, 2.05) is 0 Å². The zero-order valence-corrected chi connectivity index (χ0v) is 8.72. The molecule has 0 heterocycles. The second kappa shape index (κ2) is 5.52. The third-order valence-electron chi connectivity index (χ3n) is 1.46. The molecule has 0 aromatic rings. The number of nitrogens with zero attached hydrogens (tertiary/aromatic N) is 1. The van der Waals surface area contributed by atoms with E-state index in [0.717, 1.165) is 0 Å². The maximum atomic E-state index is 12.6. The van der Waals surface area contributed by atoms with Gasteiger partial charge in [-0.15, -0.1) is 0 Å². The van der Waals surface area contributed by atoms with Crippen LogP contribution in [0, 0.1) is 0 Å². The summed E-state index contributed by atoms with van der Waals surface area (Å²) in [5.41, 5.74) is 0. The number of hydrogen-bond donors (Lipinski definition) is 1. The van der Waals surface area contributed by atoms with E-state index >= 15 is 0 Å². The van der Waals surface area contributed by atoms with Gasteiger partial charge in [-0.1, -0.05) is 4.90 Å². The Morgan fingerprint density at radius 2 is 1.00 bits per heavy atom. The minimum absolute atomic E-state index is 0. The van der Waals surface area contributed by atoms with Gasteiger partial charge in [0, 0.05) is 0 Å². The van der Waals surface area contributed by atoms with Gasteiger partial charge in [-0.2, -0.15) is 52.3 Å². The molecule has 16 heteroatoms. The molecule has 0 rings (SSSR count). The van der Waals surface area contributed by atoms with Crippen LogP contribution < -0.4 is 0 Å². The molecule has 0 aliphatic heterocycles. The van der Waals surface area contributed by atoms with E-state index in [4.69, 9.17) is 4.55 Å². The van der Waals surface area contributed by atoms with Crippen molar-refractivity contribution >= 4 is 29.0 Å². The Kier molecular flexibility index (Phi) is 6.08. The monoisotopic (exact) mass is 341 g/mol. The van der Waals surface area contributed by atoms with Crippen LogP contribution in [0.3, 0.4) is 0 Å². The van der Waals surface area contributed by atoms with E-state index in [1.54, 1.807) is 0 Å². The van der Waals surface area contributed by atoms with E-state index in [-0.39, 0.29) is 18.9 Å². The molecule has 0 amide bonds. The summed E-state index contributed by atoms with van der Waals surface area (Å²) in [6.45, 7) is 0. The van der Waals surface area contributed by atoms with Crippen molar-refractivity contribution in [1.82, 2.24) is 4.90 Å². The summed E-state index contributed by atoms with van der Waals surface area (Å²) in [6, 6.07) is -7.32. The van der Waals surface area contributed by atoms with Crippen molar-refractivity contribution in [2.75, 3.05) is 0 Å². The van der Waals surface area contributed by atoms with Crippen LogP contribution in [-0.2, 0) is 10.1 Å². The van der Waals surface area contributed by atoms with Crippen molar-refractivity contribution in [3.05, 3.63) is 0 Å². The predicted octanol–water partition coefficient (Wildman–Crippen LogP) is 1.75. The third kappa shape index (κ3) is 3.90. The molecular weight excluding hydrogens is 339 g/mol. The molecule has 0 aliphatic carbocycles. The zero-order valence-electron chi connectivity index (χ0n) is 7.90. The summed E-state index contributed by atoms with van der Waals surface area (Å²) >= 11 is 0. The molecule has 0 atom stereocenters. The van der Waals surface area contributed by atoms with Gasteiger partial charge < -0.3 is 0 Å². The average Bonchev–Trinajstić information content (AvgIpc) is 1.92. The quantitative estimate of drug-likeness (QED) is 0.368. The molecule has 0 fully saturated rings. The van der Waals surface area contributed by atoms with Crippen LogP contribution in [0.4, 0.5) is 43.9 Å². The van der Waals surface area contributed by atoms with E-state index in [9.17, 15) is 52.3 Å². The van der Waals surface area contributed by atoms with Crippen LogP contribution in [0.1, 0.15) is 0 Å². The molecule has 0 radical (unpaired) electrons. The van der Waals surface area contributed by atoms with Gasteiger partial charge in [-0.05, 0) is 0 Å². The molecule has 4 nitrogen and oxygen atoms in total. The van der Waals surface area contributed by atoms with Gasteiger partial charge in [0.1, 0.15) is 0 Å². The molecule has 0 saturated heterocycles. The van der Waals surface area contributed by atoms with Crippen LogP contribution in [0.25, 0.3) is 0 Å². The van der Waals surface area contributed by atoms with E-state index in [0.29, 0.717) is 0 Å². The first-order valence-corrected chi connectivity index (χ1v) is 4.97. The number of hydrogen-bond acceptors (Lipinski definition) is 3. The van der Waals surface area contributed by atoms with Crippen molar-refractivity contribution < 1.29 is 56.9 Å². The molecule has 0 aromatic heterocycles. The second-order valence-electron chi connectivity index (χ2n) is 2.80. The van der Waals surface area contributed by atoms with Gasteiger partial charge in [-0.3, -0.25) is 4.55 Å². The summed E-state index contributed by atoms with van der Waals surface area (Å²) < 4.78 is 148. The Hall–Kier alpha value is -0.233. The Morgan fingerprint density at radius 1 is 0.750 bits per heavy atom. The van der Waals surface area contributed by atoms with Crippen LogP contribution in [0.15, 0.2) is 0 Å². The third-order valence-corrected chi connectivity index (χ3v) is 2.36. The summed E-state index contributed by atoms with van der Waals surface area (Å²) in [5, 5.41) is -7.05. The molecule has 118 valence electrons. The summed E-state index contributed by atoms with van der Waals surface area (Å²) in [6.07, 6.45) is -14.2. The Labute approximate surface area is 115 Å². The van der Waals surface area contributed by atoms with Gasteiger partial charge in [0.25, 0.3) is 0 Å². The molecule has 1 N–H and O–H groups in total. The fourth-order valence-corrected chi connectivity index (χ4v) is 1.15. The average molecular weight is 341 g/mol. The van der Waals surface area contributed by atoms with Gasteiger partial charge in [0.15, 0.2) is 0 Å². The molecule has 0 bridgehead atoms. The molecular formula is C4H2F10LiNO3S. The summed E-state index contributed by atoms with van der Waals surface area (Å²) in [4.78, 5) is -3.93. The second-order valence-corrected chi connectivity index (χ2v) is 4.27. The first kappa shape index (κ1) is 22.1. The van der Waals surface area contributed by atoms with Crippen molar-refractivity contribution in [2.45, 2.75) is 23.9 Å². The minimum atomic E-state index is -7.32. The van der Waals surface area contributed by atoms with Crippen LogP contribution >= 0.6 is 0 Å². The van der Waals surface area contributed by atoms with Crippen LogP contribution in [-0.4, -0.2) is 60.6 Å². The maximum absolute atomic E-state index is 12.6. The molecule has 0 aromatic carbocycles. The normalized spacial score (nSPS) is 15.2. The summed E-state index contributed by atoms with van der Waals surface area (Å²) in [7, 11) is -7.25. The van der Waals surface area contributed by atoms with Crippen molar-refractivity contribution in [1.29, 1.82) is 0 Å². The van der Waals surface area contributed by atoms with Gasteiger partial charge in [-0.25, -0.2) is 0 Å². The molecule has 0 aliphatic rings. The predicted molar refractivity (Wildman–Crippen MR) is 42.5 cm³/mol. The first-order valence-electron chi connectivity index (χ1n) is 3.53. The van der Waals surface area contributed by atoms with Crippen LogP contribution in [0.5, 0.6) is 0 Å². The van der Waals surface area contributed by atoms with Gasteiger partial charge in [0.05, 0.1) is 0 Å². The zero-order chi connectivity index (χ0) is 16.1. The summed E-state index contributed by atoms with van der Waals surface area (Å²) in [5.74, 6) is 0. The number of alkyl halides is 10. The van der Waals surface area contributed by atoms with Crippen molar-refractivity contribution in [2.24, 2.45) is 0 Å². The van der Waals surface area contributed by atoms with E-state index in [2.05, 4.69) is 0 Å². The Morgan fingerprint density at radius 3 is 1.15 bits per heavy atom. The van der Waals surface area contributed by atoms with Gasteiger partial charge >= 0.3 is 52.9 Å². The fraction of sp³-hybridized carbons (Fsp3) is 1.00. The standard InChI is InChI=1S/C4HF10NO3S.Li.H/c5-1(6,2(7,8)19(16,17)18)15(3(9,10)11)4(12,13)14;;/h(H,16,17,18);;. The first-order chi connectivity index (χ1) is 7.87. The van der Waals surface area contributed by atoms with E-state index < -0.39 is 38.9 Å². The SMILES string of the molecule is O=S(=O)(O)C(F)(F)C(F)(F)N(C(F)(F)F)C(F)(F)F.[LiH]. The molecule has 0 unspecified atom stereocenters. The van der Waals surface area contributed by atoms with Crippen LogP contribution in [0.2, 0.25) is 0 Å². The van der Waals surface area contributed by atoms with E-state index in [1.165, 1.54) is 0 Å². The van der Waals surface area contributed by atoms with Gasteiger partial charge in [0.2, 0.25) is 0 Å². The van der Waals surface area contributed by atoms with Crippen molar-refractivity contribution in [3.8, 4) is 0 Å². The van der Waals surface area contributed by atoms with Crippen molar-refractivity contribution in [3.63, 3.8) is 0 Å².